The Kier molecular flexibility index (Phi) is 14.9. The molecule has 0 fully saturated rings. The number of amides is 5. The summed E-state index contributed by atoms with van der Waals surface area (Å²) in [6.07, 6.45) is 3.81. The van der Waals surface area contributed by atoms with E-state index >= 15 is 0 Å². The number of carbonyl (C=O) groups is 5. The highest BCUT2D eigenvalue weighted by Gasteiger charge is 2.35. The van der Waals surface area contributed by atoms with Gasteiger partial charge in [0.25, 0.3) is 0 Å². The molecule has 4 atom stereocenters. The third-order valence-corrected chi connectivity index (χ3v) is 6.87. The van der Waals surface area contributed by atoms with E-state index in [0.29, 0.717) is 6.54 Å². The third kappa shape index (κ3) is 9.40. The van der Waals surface area contributed by atoms with Gasteiger partial charge in [-0.1, -0.05) is 26.2 Å². The molecule has 0 aromatic carbocycles. The molecular formula is C25H48N6O5. The van der Waals surface area contributed by atoms with Gasteiger partial charge in [0.1, 0.15) is 18.1 Å². The van der Waals surface area contributed by atoms with E-state index in [-0.39, 0.29) is 30.2 Å². The van der Waals surface area contributed by atoms with E-state index < -0.39 is 30.1 Å². The monoisotopic (exact) mass is 512 g/mol. The van der Waals surface area contributed by atoms with E-state index in [1.165, 1.54) is 40.7 Å². The Morgan fingerprint density at radius 2 is 1.11 bits per heavy atom. The molecule has 5 amide bonds. The maximum atomic E-state index is 13.2. The fourth-order valence-electron chi connectivity index (χ4n) is 3.60. The molecule has 0 aliphatic rings. The van der Waals surface area contributed by atoms with Crippen LogP contribution in [0.3, 0.4) is 0 Å². The molecule has 11 nitrogen and oxygen atoms in total. The van der Waals surface area contributed by atoms with Crippen LogP contribution in [-0.4, -0.2) is 122 Å². The normalized spacial score (nSPS) is 14.2. The lowest BCUT2D eigenvalue weighted by Crippen LogP contribution is -2.57. The maximum Gasteiger partial charge on any atom is 0.245 e. The average molecular weight is 513 g/mol. The first kappa shape index (κ1) is 33.3. The van der Waals surface area contributed by atoms with Crippen molar-refractivity contribution in [1.82, 2.24) is 30.2 Å². The van der Waals surface area contributed by atoms with Crippen molar-refractivity contribution < 1.29 is 24.0 Å². The molecule has 0 aromatic rings. The summed E-state index contributed by atoms with van der Waals surface area (Å²) < 4.78 is 0. The Hall–Kier alpha value is -2.69. The summed E-state index contributed by atoms with van der Waals surface area (Å²) in [5, 5.41) is 5.39. The number of carbonyl (C=O) groups excluding carboxylic acids is 5. The second-order valence-electron chi connectivity index (χ2n) is 9.38. The van der Waals surface area contributed by atoms with Crippen LogP contribution in [0.2, 0.25) is 0 Å². The first-order chi connectivity index (χ1) is 16.8. The molecule has 208 valence electrons. The van der Waals surface area contributed by atoms with Gasteiger partial charge in [0.15, 0.2) is 0 Å². The van der Waals surface area contributed by atoms with Gasteiger partial charge < -0.3 is 30.2 Å². The largest absolute Gasteiger partial charge is 0.358 e. The molecule has 0 saturated heterocycles. The predicted molar refractivity (Wildman–Crippen MR) is 140 cm³/mol. The summed E-state index contributed by atoms with van der Waals surface area (Å²) in [5.74, 6) is -1.65. The standard InChI is InChI=1S/C25H48N6O5/c1-11-12-13-14-15-31(16-21(32)27-7)25(36)20(5)30(10)24(35)19(4)29(9)23(34)18(3)28(8)22(33)17(2)26-6/h17-20,26H,11-16H2,1-10H3,(H,27,32)/t17-,18-,19-,20-/m0/s1. The lowest BCUT2D eigenvalue weighted by Gasteiger charge is -2.35. The smallest absolute Gasteiger partial charge is 0.245 e. The van der Waals surface area contributed by atoms with Crippen LogP contribution in [0.25, 0.3) is 0 Å². The van der Waals surface area contributed by atoms with E-state index in [2.05, 4.69) is 17.6 Å². The highest BCUT2D eigenvalue weighted by atomic mass is 16.2. The first-order valence-corrected chi connectivity index (χ1v) is 12.7. The van der Waals surface area contributed by atoms with Gasteiger partial charge in [0.05, 0.1) is 12.6 Å². The van der Waals surface area contributed by atoms with Gasteiger partial charge in [0.2, 0.25) is 29.5 Å². The molecule has 0 bridgehead atoms. The molecule has 0 aliphatic carbocycles. The van der Waals surface area contributed by atoms with Crippen LogP contribution in [0.5, 0.6) is 0 Å². The summed E-state index contributed by atoms with van der Waals surface area (Å²) in [5.41, 5.74) is 0. The molecule has 0 unspecified atom stereocenters. The first-order valence-electron chi connectivity index (χ1n) is 12.7. The highest BCUT2D eigenvalue weighted by molar-refractivity contribution is 5.94. The minimum atomic E-state index is -0.859. The van der Waals surface area contributed by atoms with E-state index in [9.17, 15) is 24.0 Å². The van der Waals surface area contributed by atoms with Crippen LogP contribution in [0.15, 0.2) is 0 Å². The minimum absolute atomic E-state index is 0.0787. The van der Waals surface area contributed by atoms with E-state index in [1.807, 2.05) is 0 Å². The average Bonchev–Trinajstić information content (AvgIpc) is 2.89. The molecule has 0 heterocycles. The van der Waals surface area contributed by atoms with Crippen LogP contribution in [0, 0.1) is 0 Å². The maximum absolute atomic E-state index is 13.2. The number of hydrogen-bond donors (Lipinski definition) is 2. The summed E-state index contributed by atoms with van der Waals surface area (Å²) in [6.45, 7) is 8.97. The van der Waals surface area contributed by atoms with Crippen molar-refractivity contribution in [3.8, 4) is 0 Å². The fraction of sp³-hybridized carbons (Fsp3) is 0.800. The van der Waals surface area contributed by atoms with E-state index in [0.717, 1.165) is 25.7 Å². The molecule has 0 aliphatic heterocycles. The van der Waals surface area contributed by atoms with Crippen molar-refractivity contribution in [2.75, 3.05) is 48.3 Å². The second kappa shape index (κ2) is 16.1. The number of hydrogen-bond acceptors (Lipinski definition) is 6. The number of nitrogens with one attached hydrogen (secondary N) is 2. The van der Waals surface area contributed by atoms with Crippen LogP contribution in [-0.2, 0) is 24.0 Å². The van der Waals surface area contributed by atoms with Gasteiger partial charge in [-0.15, -0.1) is 0 Å². The van der Waals surface area contributed by atoms with Gasteiger partial charge in [-0.25, -0.2) is 0 Å². The Bertz CT molecular complexity index is 761. The van der Waals surface area contributed by atoms with Gasteiger partial charge in [-0.2, -0.15) is 0 Å². The van der Waals surface area contributed by atoms with E-state index in [4.69, 9.17) is 0 Å². The predicted octanol–water partition coefficient (Wildman–Crippen LogP) is 0.290. The zero-order valence-electron chi connectivity index (χ0n) is 23.9. The molecular weight excluding hydrogens is 464 g/mol. The van der Waals surface area contributed by atoms with Crippen LogP contribution >= 0.6 is 0 Å². The van der Waals surface area contributed by atoms with Crippen molar-refractivity contribution in [2.45, 2.75) is 84.5 Å². The molecule has 0 saturated carbocycles. The molecule has 36 heavy (non-hydrogen) atoms. The Balaban J connectivity index is 5.40. The number of rotatable bonds is 15. The molecule has 0 rings (SSSR count). The molecule has 0 aromatic heterocycles. The van der Waals surface area contributed by atoms with Crippen LogP contribution in [0.1, 0.15) is 60.3 Å². The number of likely N-dealkylation sites (N-methyl/N-ethyl adjacent to an activating group) is 5. The van der Waals surface area contributed by atoms with Crippen molar-refractivity contribution >= 4 is 29.5 Å². The summed E-state index contributed by atoms with van der Waals surface area (Å²) >= 11 is 0. The number of nitrogens with zero attached hydrogens (tertiary/aromatic N) is 4. The SMILES string of the molecule is CCCCCCN(CC(=O)NC)C(=O)[C@H](C)N(C)C(=O)[C@H](C)N(C)C(=O)[C@H](C)N(C)C(=O)[C@H](C)NC. The van der Waals surface area contributed by atoms with Gasteiger partial charge >= 0.3 is 0 Å². The number of unbranched alkanes of at least 4 members (excludes halogenated alkanes) is 3. The lowest BCUT2D eigenvalue weighted by molar-refractivity contribution is -0.152. The van der Waals surface area contributed by atoms with Crippen molar-refractivity contribution in [1.29, 1.82) is 0 Å². The van der Waals surface area contributed by atoms with Gasteiger partial charge in [0, 0.05) is 34.7 Å². The minimum Gasteiger partial charge on any atom is -0.358 e. The molecule has 0 spiro atoms. The Morgan fingerprint density at radius 1 is 0.667 bits per heavy atom. The zero-order chi connectivity index (χ0) is 28.2. The molecule has 2 N–H and O–H groups in total. The highest BCUT2D eigenvalue weighted by Crippen LogP contribution is 2.12. The zero-order valence-corrected chi connectivity index (χ0v) is 23.9. The van der Waals surface area contributed by atoms with Crippen molar-refractivity contribution in [3.63, 3.8) is 0 Å². The topological polar surface area (TPSA) is 122 Å². The van der Waals surface area contributed by atoms with E-state index in [1.54, 1.807) is 41.8 Å². The summed E-state index contributed by atoms with van der Waals surface area (Å²) in [6, 6.07) is -2.91. The summed E-state index contributed by atoms with van der Waals surface area (Å²) in [4.78, 5) is 69.3. The van der Waals surface area contributed by atoms with Gasteiger partial charge in [-0.3, -0.25) is 24.0 Å². The van der Waals surface area contributed by atoms with Crippen molar-refractivity contribution in [3.05, 3.63) is 0 Å². The quantitative estimate of drug-likeness (QED) is 0.304. The second-order valence-corrected chi connectivity index (χ2v) is 9.38. The Labute approximate surface area is 216 Å². The molecule has 11 heteroatoms. The lowest BCUT2D eigenvalue weighted by atomic mass is 10.1. The van der Waals surface area contributed by atoms with Crippen LogP contribution in [0.4, 0.5) is 0 Å². The van der Waals surface area contributed by atoms with Crippen LogP contribution < -0.4 is 10.6 Å². The Morgan fingerprint density at radius 3 is 1.53 bits per heavy atom. The third-order valence-electron chi connectivity index (χ3n) is 6.87. The van der Waals surface area contributed by atoms with Gasteiger partial charge in [-0.05, 0) is 41.2 Å². The molecule has 0 radical (unpaired) electrons. The van der Waals surface area contributed by atoms with Crippen molar-refractivity contribution in [2.24, 2.45) is 0 Å². The fourth-order valence-corrected chi connectivity index (χ4v) is 3.60. The summed E-state index contributed by atoms with van der Waals surface area (Å²) in [7, 11) is 7.75.